The van der Waals surface area contributed by atoms with E-state index in [0.717, 1.165) is 49.4 Å². The van der Waals surface area contributed by atoms with Crippen LogP contribution in [-0.4, -0.2) is 47.1 Å². The first-order chi connectivity index (χ1) is 11.0. The van der Waals surface area contributed by atoms with Crippen LogP contribution in [0.1, 0.15) is 39.9 Å². The van der Waals surface area contributed by atoms with Crippen molar-refractivity contribution in [2.75, 3.05) is 26.4 Å². The van der Waals surface area contributed by atoms with Crippen LogP contribution in [0.3, 0.4) is 0 Å². The Bertz CT molecular complexity index is 481. The van der Waals surface area contributed by atoms with Gasteiger partial charge in [-0.05, 0) is 24.5 Å². The van der Waals surface area contributed by atoms with Gasteiger partial charge in [0, 0.05) is 33.1 Å². The molecule has 0 saturated heterocycles. The molecule has 0 bridgehead atoms. The monoisotopic (exact) mass is 340 g/mol. The number of aliphatic imine (C=N–C) groups is 1. The summed E-state index contributed by atoms with van der Waals surface area (Å²) in [5, 5.41) is 16.3. The smallest absolute Gasteiger partial charge is 0.190 e. The highest BCUT2D eigenvalue weighted by atomic mass is 32.2. The van der Waals surface area contributed by atoms with Gasteiger partial charge in [-0.1, -0.05) is 39.5 Å². The van der Waals surface area contributed by atoms with Gasteiger partial charge in [0.2, 0.25) is 0 Å². The summed E-state index contributed by atoms with van der Waals surface area (Å²) in [5.74, 6) is 3.14. The standard InChI is InChI=1S/C16H32N6S/c1-12(2)10-19-15(17-5)18-9-7-8-14-20-21-16(23-6)22(14)11-13(3)4/h12-13H,7-11H2,1-6H3,(H2,17,18,19). The van der Waals surface area contributed by atoms with Gasteiger partial charge in [-0.3, -0.25) is 4.99 Å². The molecule has 0 aliphatic rings. The van der Waals surface area contributed by atoms with Crippen molar-refractivity contribution in [2.24, 2.45) is 16.8 Å². The summed E-state index contributed by atoms with van der Waals surface area (Å²) in [6.45, 7) is 11.6. The zero-order valence-electron chi connectivity index (χ0n) is 15.4. The van der Waals surface area contributed by atoms with E-state index in [0.29, 0.717) is 11.8 Å². The third kappa shape index (κ3) is 7.24. The van der Waals surface area contributed by atoms with E-state index in [1.54, 1.807) is 18.8 Å². The van der Waals surface area contributed by atoms with Crippen LogP contribution in [0.5, 0.6) is 0 Å². The molecule has 0 aliphatic heterocycles. The lowest BCUT2D eigenvalue weighted by atomic mass is 10.2. The van der Waals surface area contributed by atoms with Gasteiger partial charge in [0.25, 0.3) is 0 Å². The summed E-state index contributed by atoms with van der Waals surface area (Å²) in [7, 11) is 1.81. The Morgan fingerprint density at radius 1 is 1.17 bits per heavy atom. The largest absolute Gasteiger partial charge is 0.356 e. The van der Waals surface area contributed by atoms with Crippen LogP contribution >= 0.6 is 11.8 Å². The first-order valence-corrected chi connectivity index (χ1v) is 9.61. The molecule has 0 radical (unpaired) electrons. The summed E-state index contributed by atoms with van der Waals surface area (Å²) >= 11 is 1.66. The number of nitrogens with one attached hydrogen (secondary N) is 2. The molecule has 2 N–H and O–H groups in total. The van der Waals surface area contributed by atoms with Gasteiger partial charge < -0.3 is 15.2 Å². The van der Waals surface area contributed by atoms with Gasteiger partial charge in [-0.15, -0.1) is 10.2 Å². The van der Waals surface area contributed by atoms with E-state index in [2.05, 4.69) is 64.3 Å². The average molecular weight is 341 g/mol. The van der Waals surface area contributed by atoms with Gasteiger partial charge in [0.1, 0.15) is 5.82 Å². The molecule has 0 aromatic carbocycles. The van der Waals surface area contributed by atoms with Crippen molar-refractivity contribution in [3.63, 3.8) is 0 Å². The van der Waals surface area contributed by atoms with Crippen molar-refractivity contribution in [1.82, 2.24) is 25.4 Å². The zero-order valence-corrected chi connectivity index (χ0v) is 16.2. The molecule has 0 saturated carbocycles. The fraction of sp³-hybridized carbons (Fsp3) is 0.812. The Morgan fingerprint density at radius 3 is 2.48 bits per heavy atom. The number of aromatic nitrogens is 3. The number of aryl methyl sites for hydroxylation is 1. The predicted octanol–water partition coefficient (Wildman–Crippen LogP) is 2.41. The fourth-order valence-corrected chi connectivity index (χ4v) is 2.70. The normalized spacial score (nSPS) is 12.3. The number of hydrogen-bond acceptors (Lipinski definition) is 4. The second-order valence-electron chi connectivity index (χ2n) is 6.48. The quantitative estimate of drug-likeness (QED) is 0.313. The Kier molecular flexibility index (Phi) is 9.06. The lowest BCUT2D eigenvalue weighted by Crippen LogP contribution is -2.39. The minimum absolute atomic E-state index is 0.591. The summed E-state index contributed by atoms with van der Waals surface area (Å²) < 4.78 is 2.25. The molecule has 7 heteroatoms. The summed E-state index contributed by atoms with van der Waals surface area (Å²) in [6.07, 6.45) is 3.98. The topological polar surface area (TPSA) is 67.1 Å². The highest BCUT2D eigenvalue weighted by Gasteiger charge is 2.12. The zero-order chi connectivity index (χ0) is 17.2. The number of nitrogens with zero attached hydrogens (tertiary/aromatic N) is 4. The van der Waals surface area contributed by atoms with Crippen molar-refractivity contribution < 1.29 is 0 Å². The van der Waals surface area contributed by atoms with E-state index < -0.39 is 0 Å². The molecule has 6 nitrogen and oxygen atoms in total. The molecule has 1 aromatic heterocycles. The molecule has 0 fully saturated rings. The molecule has 1 aromatic rings. The van der Waals surface area contributed by atoms with E-state index in [1.165, 1.54) is 0 Å². The van der Waals surface area contributed by atoms with E-state index in [-0.39, 0.29) is 0 Å². The highest BCUT2D eigenvalue weighted by Crippen LogP contribution is 2.16. The average Bonchev–Trinajstić information content (AvgIpc) is 2.87. The Hall–Kier alpha value is -1.24. The van der Waals surface area contributed by atoms with Crippen LogP contribution in [0.4, 0.5) is 0 Å². The van der Waals surface area contributed by atoms with E-state index >= 15 is 0 Å². The maximum Gasteiger partial charge on any atom is 0.190 e. The number of thioether (sulfide) groups is 1. The number of rotatable bonds is 9. The van der Waals surface area contributed by atoms with Crippen molar-refractivity contribution in [3.05, 3.63) is 5.82 Å². The molecule has 0 spiro atoms. The molecule has 23 heavy (non-hydrogen) atoms. The van der Waals surface area contributed by atoms with Crippen molar-refractivity contribution in [1.29, 1.82) is 0 Å². The lowest BCUT2D eigenvalue weighted by molar-refractivity contribution is 0.477. The van der Waals surface area contributed by atoms with Gasteiger partial charge >= 0.3 is 0 Å². The first-order valence-electron chi connectivity index (χ1n) is 8.38. The van der Waals surface area contributed by atoms with Crippen LogP contribution in [-0.2, 0) is 13.0 Å². The lowest BCUT2D eigenvalue weighted by Gasteiger charge is -2.14. The molecular weight excluding hydrogens is 308 g/mol. The van der Waals surface area contributed by atoms with E-state index in [1.807, 2.05) is 0 Å². The molecule has 1 rings (SSSR count). The Balaban J connectivity index is 2.45. The van der Waals surface area contributed by atoms with Gasteiger partial charge in [-0.2, -0.15) is 0 Å². The fourth-order valence-electron chi connectivity index (χ4n) is 2.18. The molecule has 1 heterocycles. The SMILES string of the molecule is CN=C(NCCCc1nnc(SC)n1CC(C)C)NCC(C)C. The van der Waals surface area contributed by atoms with Crippen molar-refractivity contribution in [2.45, 2.75) is 52.2 Å². The van der Waals surface area contributed by atoms with Gasteiger partial charge in [-0.25, -0.2) is 0 Å². The van der Waals surface area contributed by atoms with E-state index in [4.69, 9.17) is 0 Å². The van der Waals surface area contributed by atoms with Crippen LogP contribution in [0.2, 0.25) is 0 Å². The molecule has 0 amide bonds. The Labute approximate surface area is 144 Å². The molecule has 0 unspecified atom stereocenters. The number of hydrogen-bond donors (Lipinski definition) is 2. The van der Waals surface area contributed by atoms with Crippen LogP contribution < -0.4 is 10.6 Å². The van der Waals surface area contributed by atoms with Crippen LogP contribution in [0.15, 0.2) is 10.1 Å². The number of guanidine groups is 1. The summed E-state index contributed by atoms with van der Waals surface area (Å²) in [6, 6.07) is 0. The van der Waals surface area contributed by atoms with Crippen molar-refractivity contribution >= 4 is 17.7 Å². The van der Waals surface area contributed by atoms with Crippen molar-refractivity contribution in [3.8, 4) is 0 Å². The van der Waals surface area contributed by atoms with Gasteiger partial charge in [0.15, 0.2) is 11.1 Å². The molecular formula is C16H32N6S. The Morgan fingerprint density at radius 2 is 1.91 bits per heavy atom. The minimum Gasteiger partial charge on any atom is -0.356 e. The van der Waals surface area contributed by atoms with Gasteiger partial charge in [0.05, 0.1) is 0 Å². The predicted molar refractivity (Wildman–Crippen MR) is 99.2 cm³/mol. The molecule has 0 aliphatic carbocycles. The molecule has 132 valence electrons. The molecule has 0 atom stereocenters. The highest BCUT2D eigenvalue weighted by molar-refractivity contribution is 7.98. The summed E-state index contributed by atoms with van der Waals surface area (Å²) in [4.78, 5) is 4.24. The first kappa shape index (κ1) is 19.8. The summed E-state index contributed by atoms with van der Waals surface area (Å²) in [5.41, 5.74) is 0. The second kappa shape index (κ2) is 10.5. The maximum absolute atomic E-state index is 4.35. The minimum atomic E-state index is 0.591. The maximum atomic E-state index is 4.35. The second-order valence-corrected chi connectivity index (χ2v) is 7.26. The third-order valence-electron chi connectivity index (χ3n) is 3.29. The third-order valence-corrected chi connectivity index (χ3v) is 3.96. The van der Waals surface area contributed by atoms with Crippen LogP contribution in [0, 0.1) is 11.8 Å². The van der Waals surface area contributed by atoms with E-state index in [9.17, 15) is 0 Å². The van der Waals surface area contributed by atoms with Crippen LogP contribution in [0.25, 0.3) is 0 Å².